The van der Waals surface area contributed by atoms with Crippen LogP contribution in [0.3, 0.4) is 0 Å². The molecule has 2 aliphatic rings. The molecule has 1 aliphatic carbocycles. The fraction of sp³-hybridized carbons (Fsp3) is 0.417. The fourth-order valence-electron chi connectivity index (χ4n) is 4.68. The Labute approximate surface area is 187 Å². The summed E-state index contributed by atoms with van der Waals surface area (Å²) in [5, 5.41) is 3.54. The first kappa shape index (κ1) is 21.7. The van der Waals surface area contributed by atoms with Crippen LogP contribution in [0.25, 0.3) is 0 Å². The number of halogens is 1. The van der Waals surface area contributed by atoms with Gasteiger partial charge in [-0.2, -0.15) is 0 Å². The molecule has 2 amide bonds. The van der Waals surface area contributed by atoms with Crippen molar-refractivity contribution in [3.8, 4) is 5.75 Å². The number of nitrogens with one attached hydrogen (secondary N) is 3. The van der Waals surface area contributed by atoms with Crippen molar-refractivity contribution in [3.63, 3.8) is 0 Å². The van der Waals surface area contributed by atoms with Crippen LogP contribution < -0.4 is 20.9 Å². The standard InChI is InChI=1S/C24H28ClN3O3/c1-15-11-17(25)9-10-22(15)31-14-23(29)26-18-6-4-5-16(12-18)13-21-19-7-2-3-8-20(19)24(30)28-27-21/h4-6,9-12,19-21,27H,2-3,7-8,13-14H2,1H3,(H,26,29)(H,28,30). The third kappa shape index (κ3) is 5.38. The number of anilines is 1. The Bertz CT molecular complexity index is 965. The zero-order valence-electron chi connectivity index (χ0n) is 17.6. The van der Waals surface area contributed by atoms with Crippen molar-refractivity contribution in [1.82, 2.24) is 10.9 Å². The Morgan fingerprint density at radius 3 is 2.87 bits per heavy atom. The minimum absolute atomic E-state index is 0.0767. The lowest BCUT2D eigenvalue weighted by Gasteiger charge is -2.41. The Hall–Kier alpha value is -2.57. The normalized spacial score (nSPS) is 22.9. The van der Waals surface area contributed by atoms with E-state index in [9.17, 15) is 9.59 Å². The van der Waals surface area contributed by atoms with Gasteiger partial charge in [-0.1, -0.05) is 36.6 Å². The van der Waals surface area contributed by atoms with Gasteiger partial charge in [0.25, 0.3) is 5.91 Å². The van der Waals surface area contributed by atoms with Crippen molar-refractivity contribution in [2.75, 3.05) is 11.9 Å². The molecule has 0 radical (unpaired) electrons. The lowest BCUT2D eigenvalue weighted by molar-refractivity contribution is -0.133. The highest BCUT2D eigenvalue weighted by molar-refractivity contribution is 6.30. The summed E-state index contributed by atoms with van der Waals surface area (Å²) < 4.78 is 5.63. The SMILES string of the molecule is Cc1cc(Cl)ccc1OCC(=O)Nc1cccc(CC2NNC(=O)C3CCCCC23)c1. The molecule has 0 bridgehead atoms. The van der Waals surface area contributed by atoms with Gasteiger partial charge in [0.1, 0.15) is 5.75 Å². The molecule has 6 nitrogen and oxygen atoms in total. The highest BCUT2D eigenvalue weighted by atomic mass is 35.5. The van der Waals surface area contributed by atoms with Crippen LogP contribution in [0.15, 0.2) is 42.5 Å². The second-order valence-corrected chi connectivity index (χ2v) is 8.88. The number of ether oxygens (including phenoxy) is 1. The monoisotopic (exact) mass is 441 g/mol. The third-order valence-electron chi connectivity index (χ3n) is 6.22. The van der Waals surface area contributed by atoms with Crippen LogP contribution in [0.1, 0.15) is 36.8 Å². The summed E-state index contributed by atoms with van der Waals surface area (Å²) in [7, 11) is 0. The smallest absolute Gasteiger partial charge is 0.262 e. The van der Waals surface area contributed by atoms with Crippen LogP contribution in [0.5, 0.6) is 5.75 Å². The van der Waals surface area contributed by atoms with Crippen molar-refractivity contribution >= 4 is 29.1 Å². The number of amides is 2. The van der Waals surface area contributed by atoms with Gasteiger partial charge in [-0.3, -0.25) is 15.0 Å². The van der Waals surface area contributed by atoms with Crippen LogP contribution in [0.4, 0.5) is 5.69 Å². The average molecular weight is 442 g/mol. The summed E-state index contributed by atoms with van der Waals surface area (Å²) in [4.78, 5) is 24.5. The Kier molecular flexibility index (Phi) is 6.78. The second-order valence-electron chi connectivity index (χ2n) is 8.45. The minimum Gasteiger partial charge on any atom is -0.483 e. The number of aryl methyl sites for hydroxylation is 1. The van der Waals surface area contributed by atoms with Crippen LogP contribution in [0.2, 0.25) is 5.02 Å². The molecule has 1 saturated heterocycles. The molecule has 3 atom stereocenters. The number of carbonyl (C=O) groups is 2. The van der Waals surface area contributed by atoms with Gasteiger partial charge in [0.05, 0.1) is 0 Å². The topological polar surface area (TPSA) is 79.5 Å². The molecule has 2 aromatic rings. The van der Waals surface area contributed by atoms with E-state index in [-0.39, 0.29) is 30.4 Å². The van der Waals surface area contributed by atoms with Crippen LogP contribution in [-0.4, -0.2) is 24.5 Å². The zero-order valence-corrected chi connectivity index (χ0v) is 18.4. The van der Waals surface area contributed by atoms with Gasteiger partial charge in [-0.15, -0.1) is 0 Å². The van der Waals surface area contributed by atoms with Crippen molar-refractivity contribution in [2.45, 2.75) is 45.1 Å². The molecule has 3 N–H and O–H groups in total. The largest absolute Gasteiger partial charge is 0.483 e. The lowest BCUT2D eigenvalue weighted by Crippen LogP contribution is -2.60. The van der Waals surface area contributed by atoms with E-state index in [0.717, 1.165) is 42.5 Å². The predicted molar refractivity (Wildman–Crippen MR) is 121 cm³/mol. The number of carbonyl (C=O) groups excluding carboxylic acids is 2. The number of benzene rings is 2. The first-order chi connectivity index (χ1) is 15.0. The lowest BCUT2D eigenvalue weighted by atomic mass is 9.72. The predicted octanol–water partition coefficient (Wildman–Crippen LogP) is 4.02. The van der Waals surface area contributed by atoms with Gasteiger partial charge < -0.3 is 10.1 Å². The molecule has 0 spiro atoms. The molecule has 2 aromatic carbocycles. The first-order valence-electron chi connectivity index (χ1n) is 10.8. The maximum Gasteiger partial charge on any atom is 0.262 e. The highest BCUT2D eigenvalue weighted by Gasteiger charge is 2.39. The molecule has 3 unspecified atom stereocenters. The van der Waals surface area contributed by atoms with E-state index >= 15 is 0 Å². The zero-order chi connectivity index (χ0) is 21.8. The molecule has 1 aliphatic heterocycles. The van der Waals surface area contributed by atoms with Gasteiger partial charge in [-0.25, -0.2) is 5.43 Å². The molecule has 1 saturated carbocycles. The van der Waals surface area contributed by atoms with E-state index in [1.54, 1.807) is 18.2 Å². The third-order valence-corrected chi connectivity index (χ3v) is 6.45. The molecule has 7 heteroatoms. The summed E-state index contributed by atoms with van der Waals surface area (Å²) in [6.45, 7) is 1.81. The highest BCUT2D eigenvalue weighted by Crippen LogP contribution is 2.35. The molecule has 2 fully saturated rings. The quantitative estimate of drug-likeness (QED) is 0.632. The first-order valence-corrected chi connectivity index (χ1v) is 11.2. The van der Waals surface area contributed by atoms with Crippen LogP contribution in [0, 0.1) is 18.8 Å². The number of hydrogen-bond donors (Lipinski definition) is 3. The van der Waals surface area contributed by atoms with Crippen LogP contribution in [-0.2, 0) is 16.0 Å². The molecular formula is C24H28ClN3O3. The van der Waals surface area contributed by atoms with E-state index in [4.69, 9.17) is 16.3 Å². The second kappa shape index (κ2) is 9.71. The fourth-order valence-corrected chi connectivity index (χ4v) is 4.90. The van der Waals surface area contributed by atoms with Gasteiger partial charge in [0, 0.05) is 22.7 Å². The minimum atomic E-state index is -0.220. The maximum atomic E-state index is 12.4. The van der Waals surface area contributed by atoms with E-state index in [1.165, 1.54) is 6.42 Å². The maximum absolute atomic E-state index is 12.4. The van der Waals surface area contributed by atoms with Crippen molar-refractivity contribution in [3.05, 3.63) is 58.6 Å². The average Bonchev–Trinajstić information content (AvgIpc) is 2.76. The molecule has 164 valence electrons. The summed E-state index contributed by atoms with van der Waals surface area (Å²) in [6.07, 6.45) is 5.15. The Morgan fingerprint density at radius 2 is 2.03 bits per heavy atom. The Balaban J connectivity index is 1.34. The van der Waals surface area contributed by atoms with Gasteiger partial charge >= 0.3 is 0 Å². The number of rotatable bonds is 6. The summed E-state index contributed by atoms with van der Waals surface area (Å²) in [6, 6.07) is 13.4. The molecule has 4 rings (SSSR count). The van der Waals surface area contributed by atoms with E-state index in [1.807, 2.05) is 25.1 Å². The van der Waals surface area contributed by atoms with Crippen molar-refractivity contribution in [2.24, 2.45) is 11.8 Å². The number of hydrazine groups is 1. The van der Waals surface area contributed by atoms with Crippen molar-refractivity contribution < 1.29 is 14.3 Å². The molecule has 31 heavy (non-hydrogen) atoms. The summed E-state index contributed by atoms with van der Waals surface area (Å²) >= 11 is 5.96. The van der Waals surface area contributed by atoms with Crippen LogP contribution >= 0.6 is 11.6 Å². The van der Waals surface area contributed by atoms with E-state index in [2.05, 4.69) is 22.2 Å². The van der Waals surface area contributed by atoms with Gasteiger partial charge in [-0.05, 0) is 73.6 Å². The Morgan fingerprint density at radius 1 is 1.19 bits per heavy atom. The van der Waals surface area contributed by atoms with Gasteiger partial charge in [0.15, 0.2) is 6.61 Å². The van der Waals surface area contributed by atoms with Gasteiger partial charge in [0.2, 0.25) is 5.91 Å². The summed E-state index contributed by atoms with van der Waals surface area (Å²) in [5.41, 5.74) is 8.80. The molecule has 0 aromatic heterocycles. The van der Waals surface area contributed by atoms with Crippen molar-refractivity contribution in [1.29, 1.82) is 0 Å². The summed E-state index contributed by atoms with van der Waals surface area (Å²) in [5.74, 6) is 1.01. The van der Waals surface area contributed by atoms with E-state index < -0.39 is 0 Å². The molecular weight excluding hydrogens is 414 g/mol. The number of hydrogen-bond acceptors (Lipinski definition) is 4. The molecule has 1 heterocycles. The number of fused-ring (bicyclic) bond motifs is 1. The van der Waals surface area contributed by atoms with E-state index in [0.29, 0.717) is 16.7 Å².